The zero-order chi connectivity index (χ0) is 22.9. The average molecular weight is 442 g/mol. The fourth-order valence-corrected chi connectivity index (χ4v) is 13.4. The third kappa shape index (κ3) is 7.07. The molecular weight excluding hydrogens is 390 g/mol. The first-order valence-electron chi connectivity index (χ1n) is 11.9. The summed E-state index contributed by atoms with van der Waals surface area (Å²) < 4.78 is 7.37. The minimum absolute atomic E-state index is 0.00983. The maximum Gasteiger partial charge on any atom is 0.245 e. The Morgan fingerprint density at radius 3 is 2.00 bits per heavy atom. The highest BCUT2D eigenvalue weighted by atomic mass is 28.4. The molecule has 0 aliphatic rings. The monoisotopic (exact) mass is 441 g/mol. The lowest BCUT2D eigenvalue weighted by atomic mass is 10.0. The molecule has 172 valence electrons. The summed E-state index contributed by atoms with van der Waals surface area (Å²) in [6.07, 6.45) is 9.50. The van der Waals surface area contributed by atoms with E-state index in [0.29, 0.717) is 0 Å². The van der Waals surface area contributed by atoms with Crippen molar-refractivity contribution in [2.24, 2.45) is 0 Å². The van der Waals surface area contributed by atoms with Crippen LogP contribution in [0, 0.1) is 0 Å². The fraction of sp³-hybridized carbons (Fsp3) is 0.875. The Labute approximate surface area is 184 Å². The number of rotatable bonds is 15. The van der Waals surface area contributed by atoms with Crippen molar-refractivity contribution < 1.29 is 9.22 Å². The molecule has 29 heavy (non-hydrogen) atoms. The van der Waals surface area contributed by atoms with Gasteiger partial charge in [0.25, 0.3) is 0 Å². The highest BCUT2D eigenvalue weighted by Crippen LogP contribution is 2.50. The Balaban J connectivity index is 5.53. The summed E-state index contributed by atoms with van der Waals surface area (Å²) >= 11 is 0. The van der Waals surface area contributed by atoms with E-state index in [1.54, 1.807) is 4.90 Å². The zero-order valence-corrected chi connectivity index (χ0v) is 23.4. The molecule has 0 radical (unpaired) electrons. The smallest absolute Gasteiger partial charge is 0.245 e. The first kappa shape index (κ1) is 28.6. The van der Waals surface area contributed by atoms with Crippen molar-refractivity contribution >= 4 is 22.3 Å². The summed E-state index contributed by atoms with van der Waals surface area (Å²) in [6.45, 7) is 26.1. The molecule has 0 aromatic heterocycles. The minimum atomic E-state index is -1.98. The molecule has 0 saturated carbocycles. The lowest BCUT2D eigenvalue weighted by molar-refractivity contribution is -0.124. The molecule has 1 amide bonds. The number of hydrogen-bond acceptors (Lipinski definition) is 2. The summed E-state index contributed by atoms with van der Waals surface area (Å²) in [5.41, 5.74) is 0. The van der Waals surface area contributed by atoms with E-state index in [1.165, 1.54) is 25.0 Å². The molecule has 0 aliphatic heterocycles. The van der Waals surface area contributed by atoms with Gasteiger partial charge in [-0.1, -0.05) is 79.6 Å². The molecule has 5 heteroatoms. The number of carbonyl (C=O) groups is 1. The highest BCUT2D eigenvalue weighted by molar-refractivity contribution is 6.82. The van der Waals surface area contributed by atoms with E-state index in [0.717, 1.165) is 38.6 Å². The van der Waals surface area contributed by atoms with Gasteiger partial charge >= 0.3 is 0 Å². The Hall–Kier alpha value is -0.396. The molecule has 0 saturated heterocycles. The van der Waals surface area contributed by atoms with Crippen LogP contribution in [0.1, 0.15) is 79.6 Å². The van der Waals surface area contributed by atoms with Crippen LogP contribution in [0.5, 0.6) is 0 Å². The van der Waals surface area contributed by atoms with Crippen LogP contribution < -0.4 is 0 Å². The third-order valence-electron chi connectivity index (χ3n) is 7.99. The van der Waals surface area contributed by atoms with Gasteiger partial charge in [-0.3, -0.25) is 4.79 Å². The molecule has 0 rings (SSSR count). The Kier molecular flexibility index (Phi) is 11.7. The lowest BCUT2D eigenvalue weighted by Gasteiger charge is -2.53. The normalized spacial score (nSPS) is 15.1. The Bertz CT molecular complexity index is 515. The first-order chi connectivity index (χ1) is 13.3. The van der Waals surface area contributed by atoms with E-state index in [4.69, 9.17) is 4.43 Å². The maximum atomic E-state index is 11.8. The van der Waals surface area contributed by atoms with Crippen LogP contribution in [0.25, 0.3) is 0 Å². The topological polar surface area (TPSA) is 29.5 Å². The van der Waals surface area contributed by atoms with Gasteiger partial charge in [0.15, 0.2) is 8.32 Å². The SMILES string of the molecule is C=CC(=O)N(C)CCCC(C)(CC)[Si](C)(C)OC(CC)(CC)[Si](C)(C)CCCC. The first-order valence-corrected chi connectivity index (χ1v) is 18.0. The molecule has 0 bridgehead atoms. The van der Waals surface area contributed by atoms with Crippen molar-refractivity contribution in [3.05, 3.63) is 12.7 Å². The molecule has 0 aromatic carbocycles. The number of hydrogen-bond donors (Lipinski definition) is 0. The summed E-state index contributed by atoms with van der Waals surface area (Å²) in [6, 6.07) is 1.35. The summed E-state index contributed by atoms with van der Waals surface area (Å²) in [5, 5.41) is 0.278. The number of likely N-dealkylation sites (N-methyl/N-ethyl adjacent to an activating group) is 1. The van der Waals surface area contributed by atoms with Crippen LogP contribution in [0.4, 0.5) is 0 Å². The Morgan fingerprint density at radius 2 is 1.59 bits per heavy atom. The van der Waals surface area contributed by atoms with Gasteiger partial charge in [0.2, 0.25) is 5.91 Å². The van der Waals surface area contributed by atoms with E-state index in [-0.39, 0.29) is 16.2 Å². The lowest BCUT2D eigenvalue weighted by Crippen LogP contribution is -2.62. The van der Waals surface area contributed by atoms with E-state index < -0.39 is 16.4 Å². The van der Waals surface area contributed by atoms with Crippen LogP contribution in [0.3, 0.4) is 0 Å². The van der Waals surface area contributed by atoms with Crippen LogP contribution in [0.15, 0.2) is 12.7 Å². The molecule has 0 spiro atoms. The number of carbonyl (C=O) groups excluding carboxylic acids is 1. The highest BCUT2D eigenvalue weighted by Gasteiger charge is 2.52. The van der Waals surface area contributed by atoms with Gasteiger partial charge in [0.05, 0.1) is 8.07 Å². The van der Waals surface area contributed by atoms with Crippen LogP contribution in [-0.4, -0.2) is 46.0 Å². The van der Waals surface area contributed by atoms with Gasteiger partial charge in [0.1, 0.15) is 0 Å². The van der Waals surface area contributed by atoms with Crippen molar-refractivity contribution in [2.45, 2.75) is 122 Å². The van der Waals surface area contributed by atoms with E-state index in [1.807, 2.05) is 7.05 Å². The molecule has 0 N–H and O–H groups in total. The predicted molar refractivity (Wildman–Crippen MR) is 135 cm³/mol. The van der Waals surface area contributed by atoms with Crippen LogP contribution in [-0.2, 0) is 9.22 Å². The van der Waals surface area contributed by atoms with Crippen molar-refractivity contribution in [3.8, 4) is 0 Å². The third-order valence-corrected chi connectivity index (χ3v) is 17.5. The van der Waals surface area contributed by atoms with Crippen molar-refractivity contribution in [1.82, 2.24) is 4.90 Å². The van der Waals surface area contributed by atoms with Gasteiger partial charge in [-0.05, 0) is 49.9 Å². The predicted octanol–water partition coefficient (Wildman–Crippen LogP) is 7.41. The van der Waals surface area contributed by atoms with Gasteiger partial charge < -0.3 is 9.33 Å². The van der Waals surface area contributed by atoms with Crippen molar-refractivity contribution in [2.75, 3.05) is 13.6 Å². The number of nitrogens with zero attached hydrogens (tertiary/aromatic N) is 1. The molecule has 0 aromatic rings. The van der Waals surface area contributed by atoms with Gasteiger partial charge in [-0.25, -0.2) is 0 Å². The van der Waals surface area contributed by atoms with Crippen LogP contribution in [0.2, 0.25) is 37.3 Å². The second-order valence-electron chi connectivity index (χ2n) is 10.3. The molecule has 0 aliphatic carbocycles. The van der Waals surface area contributed by atoms with E-state index >= 15 is 0 Å². The molecule has 0 heterocycles. The molecular formula is C24H51NO2Si2. The van der Waals surface area contributed by atoms with Crippen molar-refractivity contribution in [1.29, 1.82) is 0 Å². The molecule has 1 unspecified atom stereocenters. The van der Waals surface area contributed by atoms with Crippen LogP contribution >= 0.6 is 0 Å². The molecule has 3 nitrogen and oxygen atoms in total. The summed E-state index contributed by atoms with van der Waals surface area (Å²) in [4.78, 5) is 13.6. The standard InChI is InChI=1S/C24H51NO2Si2/c1-12-17-21-28(8,9)24(15-4,16-5)27-29(10,11)23(6,14-3)19-18-20-25(7)22(26)13-2/h13H,2,12,14-21H2,1,3-11H3. The number of unbranched alkanes of at least 4 members (excludes halogenated alkanes) is 1. The second kappa shape index (κ2) is 11.9. The number of amides is 1. The average Bonchev–Trinajstić information content (AvgIpc) is 2.69. The summed E-state index contributed by atoms with van der Waals surface area (Å²) in [7, 11) is -1.64. The maximum absolute atomic E-state index is 11.8. The quantitative estimate of drug-likeness (QED) is 0.195. The van der Waals surface area contributed by atoms with Gasteiger partial charge in [-0.15, -0.1) is 0 Å². The van der Waals surface area contributed by atoms with E-state index in [9.17, 15) is 4.79 Å². The molecule has 1 atom stereocenters. The van der Waals surface area contributed by atoms with Gasteiger partial charge in [-0.2, -0.15) is 0 Å². The van der Waals surface area contributed by atoms with Crippen molar-refractivity contribution in [3.63, 3.8) is 0 Å². The minimum Gasteiger partial charge on any atom is -0.414 e. The summed E-state index contributed by atoms with van der Waals surface area (Å²) in [5.74, 6) is 0.00983. The fourth-order valence-electron chi connectivity index (χ4n) is 4.82. The van der Waals surface area contributed by atoms with E-state index in [2.05, 4.69) is 67.4 Å². The van der Waals surface area contributed by atoms with Gasteiger partial charge in [0, 0.05) is 18.8 Å². The zero-order valence-electron chi connectivity index (χ0n) is 21.4. The largest absolute Gasteiger partial charge is 0.414 e. The second-order valence-corrected chi connectivity index (χ2v) is 19.9. The Morgan fingerprint density at radius 1 is 1.03 bits per heavy atom. The molecule has 0 fully saturated rings.